The van der Waals surface area contributed by atoms with Gasteiger partial charge in [0.15, 0.2) is 11.4 Å². The van der Waals surface area contributed by atoms with E-state index >= 15 is 0 Å². The molecule has 1 aliphatic heterocycles. The minimum absolute atomic E-state index is 0.124. The lowest BCUT2D eigenvalue weighted by Gasteiger charge is -2.35. The number of ether oxygens (including phenoxy) is 2. The van der Waals surface area contributed by atoms with Gasteiger partial charge < -0.3 is 23.7 Å². The molecular formula is C26H27N5O5. The van der Waals surface area contributed by atoms with Crippen LogP contribution in [0.25, 0.3) is 22.5 Å². The number of carbonyl (C=O) groups is 2. The molecule has 1 fully saturated rings. The molecule has 10 heteroatoms. The van der Waals surface area contributed by atoms with E-state index in [1.165, 1.54) is 0 Å². The highest BCUT2D eigenvalue weighted by Crippen LogP contribution is 2.29. The molecule has 0 spiro atoms. The first-order chi connectivity index (χ1) is 17.4. The number of aryl methyl sites for hydroxylation is 2. The van der Waals surface area contributed by atoms with Crippen molar-refractivity contribution in [1.82, 2.24) is 24.6 Å². The Labute approximate surface area is 208 Å². The Balaban J connectivity index is 1.38. The molecule has 3 aromatic heterocycles. The molecular weight excluding hydrogens is 462 g/mol. The number of amides is 2. The first-order valence-electron chi connectivity index (χ1n) is 11.6. The molecule has 186 valence electrons. The van der Waals surface area contributed by atoms with Gasteiger partial charge in [0.05, 0.1) is 37.1 Å². The normalized spacial score (nSPS) is 13.8. The summed E-state index contributed by atoms with van der Waals surface area (Å²) in [5.74, 6) is 1.42. The van der Waals surface area contributed by atoms with Crippen LogP contribution in [0.15, 0.2) is 47.1 Å². The maximum absolute atomic E-state index is 13.7. The van der Waals surface area contributed by atoms with E-state index < -0.39 is 0 Å². The van der Waals surface area contributed by atoms with Crippen molar-refractivity contribution in [2.75, 3.05) is 40.4 Å². The van der Waals surface area contributed by atoms with Crippen molar-refractivity contribution in [2.45, 2.75) is 6.92 Å². The van der Waals surface area contributed by atoms with Crippen molar-refractivity contribution in [1.29, 1.82) is 0 Å². The van der Waals surface area contributed by atoms with Crippen molar-refractivity contribution >= 4 is 22.8 Å². The number of fused-ring (bicyclic) bond motifs is 1. The molecule has 0 unspecified atom stereocenters. The fraction of sp³-hybridized carbons (Fsp3) is 0.308. The molecule has 36 heavy (non-hydrogen) atoms. The van der Waals surface area contributed by atoms with Gasteiger partial charge in [-0.3, -0.25) is 14.3 Å². The Hall–Kier alpha value is -4.34. The molecule has 2 amide bonds. The van der Waals surface area contributed by atoms with Crippen LogP contribution in [0.3, 0.4) is 0 Å². The number of pyridine rings is 1. The van der Waals surface area contributed by atoms with E-state index in [2.05, 4.69) is 10.1 Å². The summed E-state index contributed by atoms with van der Waals surface area (Å²) in [5.41, 5.74) is 2.92. The maximum atomic E-state index is 13.7. The SMILES string of the molecule is COc1cc(OC)cc(C(=O)N2CCN(C(=O)c3cc(-c4ccco4)nc4c3c(C)nn4C)CC2)c1. The lowest BCUT2D eigenvalue weighted by Crippen LogP contribution is -2.50. The average Bonchev–Trinajstić information content (AvgIpc) is 3.55. The van der Waals surface area contributed by atoms with Gasteiger partial charge in [-0.25, -0.2) is 4.98 Å². The van der Waals surface area contributed by atoms with E-state index in [0.29, 0.717) is 65.9 Å². The molecule has 0 atom stereocenters. The summed E-state index contributed by atoms with van der Waals surface area (Å²) in [6.45, 7) is 3.51. The molecule has 1 aromatic carbocycles. The average molecular weight is 490 g/mol. The molecule has 4 heterocycles. The van der Waals surface area contributed by atoms with Crippen LogP contribution in [0.2, 0.25) is 0 Å². The summed E-state index contributed by atoms with van der Waals surface area (Å²) in [7, 11) is 4.90. The second kappa shape index (κ2) is 9.37. The monoisotopic (exact) mass is 489 g/mol. The topological polar surface area (TPSA) is 103 Å². The smallest absolute Gasteiger partial charge is 0.254 e. The van der Waals surface area contributed by atoms with Crippen LogP contribution in [0.4, 0.5) is 0 Å². The van der Waals surface area contributed by atoms with Crippen molar-refractivity contribution in [2.24, 2.45) is 7.05 Å². The van der Waals surface area contributed by atoms with Crippen LogP contribution in [0, 0.1) is 6.92 Å². The predicted octanol–water partition coefficient (Wildman–Crippen LogP) is 3.15. The molecule has 4 aromatic rings. The molecule has 10 nitrogen and oxygen atoms in total. The Morgan fingerprint density at radius 1 is 0.944 bits per heavy atom. The van der Waals surface area contributed by atoms with Gasteiger partial charge in [-0.15, -0.1) is 0 Å². The molecule has 0 bridgehead atoms. The molecule has 5 rings (SSSR count). The first-order valence-corrected chi connectivity index (χ1v) is 11.6. The number of aromatic nitrogens is 3. The summed E-state index contributed by atoms with van der Waals surface area (Å²) in [6, 6.07) is 10.5. The number of furan rings is 1. The Bertz CT molecular complexity index is 1410. The lowest BCUT2D eigenvalue weighted by molar-refractivity contribution is 0.0536. The molecule has 1 saturated heterocycles. The fourth-order valence-corrected chi connectivity index (χ4v) is 4.56. The summed E-state index contributed by atoms with van der Waals surface area (Å²) in [5, 5.41) is 5.20. The highest BCUT2D eigenvalue weighted by Gasteiger charge is 2.29. The second-order valence-electron chi connectivity index (χ2n) is 8.63. The third-order valence-corrected chi connectivity index (χ3v) is 6.43. The number of carbonyl (C=O) groups excluding carboxylic acids is 2. The zero-order valence-electron chi connectivity index (χ0n) is 20.6. The molecule has 0 radical (unpaired) electrons. The van der Waals surface area contributed by atoms with Gasteiger partial charge in [-0.05, 0) is 37.3 Å². The van der Waals surface area contributed by atoms with Crippen LogP contribution in [0.5, 0.6) is 11.5 Å². The third kappa shape index (κ3) is 4.15. The van der Waals surface area contributed by atoms with Crippen molar-refractivity contribution < 1.29 is 23.5 Å². The van der Waals surface area contributed by atoms with E-state index in [9.17, 15) is 9.59 Å². The minimum Gasteiger partial charge on any atom is -0.497 e. The number of hydrogen-bond donors (Lipinski definition) is 0. The van der Waals surface area contributed by atoms with E-state index in [-0.39, 0.29) is 11.8 Å². The van der Waals surface area contributed by atoms with Crippen molar-refractivity contribution in [3.63, 3.8) is 0 Å². The summed E-state index contributed by atoms with van der Waals surface area (Å²) in [6.07, 6.45) is 1.57. The number of methoxy groups -OCH3 is 2. The molecule has 0 N–H and O–H groups in total. The van der Waals surface area contributed by atoms with Gasteiger partial charge in [0.1, 0.15) is 17.2 Å². The lowest BCUT2D eigenvalue weighted by atomic mass is 10.1. The Morgan fingerprint density at radius 3 is 2.17 bits per heavy atom. The summed E-state index contributed by atoms with van der Waals surface area (Å²) in [4.78, 5) is 35.1. The maximum Gasteiger partial charge on any atom is 0.254 e. The third-order valence-electron chi connectivity index (χ3n) is 6.43. The largest absolute Gasteiger partial charge is 0.497 e. The highest BCUT2D eigenvalue weighted by molar-refractivity contribution is 6.07. The van der Waals surface area contributed by atoms with Gasteiger partial charge in [-0.2, -0.15) is 5.10 Å². The number of piperazine rings is 1. The van der Waals surface area contributed by atoms with E-state index in [0.717, 1.165) is 11.1 Å². The standard InChI is InChI=1S/C26H27N5O5/c1-16-23-20(15-21(22-6-5-11-36-22)27-24(23)29(2)28-16)26(33)31-9-7-30(8-10-31)25(32)17-12-18(34-3)14-19(13-17)35-4/h5-6,11-15H,7-10H2,1-4H3. The fourth-order valence-electron chi connectivity index (χ4n) is 4.56. The predicted molar refractivity (Wildman–Crippen MR) is 132 cm³/mol. The van der Waals surface area contributed by atoms with Crippen LogP contribution in [-0.4, -0.2) is 76.8 Å². The van der Waals surface area contributed by atoms with Crippen LogP contribution < -0.4 is 9.47 Å². The van der Waals surface area contributed by atoms with Gasteiger partial charge >= 0.3 is 0 Å². The van der Waals surface area contributed by atoms with Crippen molar-refractivity contribution in [3.05, 3.63) is 59.5 Å². The summed E-state index contributed by atoms with van der Waals surface area (Å²) >= 11 is 0. The zero-order valence-corrected chi connectivity index (χ0v) is 20.6. The van der Waals surface area contributed by atoms with Gasteiger partial charge in [0.25, 0.3) is 11.8 Å². The molecule has 1 aliphatic rings. The highest BCUT2D eigenvalue weighted by atomic mass is 16.5. The number of hydrogen-bond acceptors (Lipinski definition) is 7. The van der Waals surface area contributed by atoms with Crippen molar-refractivity contribution in [3.8, 4) is 23.0 Å². The van der Waals surface area contributed by atoms with Gasteiger partial charge in [-0.1, -0.05) is 0 Å². The number of benzene rings is 1. The van der Waals surface area contributed by atoms with E-state index in [1.54, 1.807) is 72.3 Å². The molecule has 0 saturated carbocycles. The Morgan fingerprint density at radius 2 is 1.58 bits per heavy atom. The van der Waals surface area contributed by atoms with Crippen LogP contribution >= 0.6 is 0 Å². The molecule has 0 aliphatic carbocycles. The number of rotatable bonds is 5. The second-order valence-corrected chi connectivity index (χ2v) is 8.63. The van der Waals surface area contributed by atoms with E-state index in [1.807, 2.05) is 13.0 Å². The Kier molecular flexibility index (Phi) is 6.09. The summed E-state index contributed by atoms with van der Waals surface area (Å²) < 4.78 is 17.8. The zero-order chi connectivity index (χ0) is 25.4. The quantitative estimate of drug-likeness (QED) is 0.424. The van der Waals surface area contributed by atoms with Crippen LogP contribution in [-0.2, 0) is 7.05 Å². The van der Waals surface area contributed by atoms with Gasteiger partial charge in [0, 0.05) is 44.9 Å². The minimum atomic E-state index is -0.131. The van der Waals surface area contributed by atoms with Gasteiger partial charge in [0.2, 0.25) is 0 Å². The first kappa shape index (κ1) is 23.4. The van der Waals surface area contributed by atoms with E-state index in [4.69, 9.17) is 13.9 Å². The number of nitrogens with zero attached hydrogens (tertiary/aromatic N) is 5. The van der Waals surface area contributed by atoms with Crippen LogP contribution in [0.1, 0.15) is 26.4 Å².